The number of carbonyl (C=O) groups excluding carboxylic acids is 1. The fourth-order valence-corrected chi connectivity index (χ4v) is 5.66. The van der Waals surface area contributed by atoms with Crippen molar-refractivity contribution >= 4 is 24.1 Å². The molecule has 0 aliphatic rings. The van der Waals surface area contributed by atoms with Crippen LogP contribution in [0, 0.1) is 0 Å². The molecule has 0 heterocycles. The fourth-order valence-electron chi connectivity index (χ4n) is 1.56. The van der Waals surface area contributed by atoms with Crippen molar-refractivity contribution in [3.8, 4) is 0 Å². The van der Waals surface area contributed by atoms with Crippen molar-refractivity contribution in [3.63, 3.8) is 0 Å². The van der Waals surface area contributed by atoms with Crippen LogP contribution in [0.25, 0.3) is 0 Å². The zero-order chi connectivity index (χ0) is 18.3. The minimum atomic E-state index is -3.33. The monoisotopic (exact) mass is 369 g/mol. The van der Waals surface area contributed by atoms with E-state index in [1.807, 2.05) is 34.6 Å². The lowest BCUT2D eigenvalue weighted by Crippen LogP contribution is -2.43. The van der Waals surface area contributed by atoms with Crippen LogP contribution in [0.3, 0.4) is 0 Å². The Balaban J connectivity index is 4.59. The van der Waals surface area contributed by atoms with E-state index in [0.717, 1.165) is 24.2 Å². The molecule has 6 nitrogen and oxygen atoms in total. The van der Waals surface area contributed by atoms with Crippen LogP contribution in [0.1, 0.15) is 61.3 Å². The summed E-state index contributed by atoms with van der Waals surface area (Å²) >= 11 is 1.05. The molecule has 2 unspecified atom stereocenters. The van der Waals surface area contributed by atoms with Crippen molar-refractivity contribution in [2.75, 3.05) is 12.4 Å². The summed E-state index contributed by atoms with van der Waals surface area (Å²) in [5.74, 6) is -0.182. The first-order valence-corrected chi connectivity index (χ1v) is 11.0. The van der Waals surface area contributed by atoms with E-state index in [1.54, 1.807) is 13.8 Å². The molecule has 0 saturated heterocycles. The molecule has 0 bridgehead atoms. The van der Waals surface area contributed by atoms with Crippen molar-refractivity contribution in [1.82, 2.24) is 0 Å². The van der Waals surface area contributed by atoms with Gasteiger partial charge in [-0.15, -0.1) is 0 Å². The van der Waals surface area contributed by atoms with E-state index in [9.17, 15) is 9.36 Å². The van der Waals surface area contributed by atoms with E-state index >= 15 is 0 Å². The number of rotatable bonds is 10. The molecule has 2 atom stereocenters. The largest absolute Gasteiger partial charge is 0.463 e. The number of ether oxygens (including phenoxy) is 1. The first-order chi connectivity index (χ1) is 10.3. The van der Waals surface area contributed by atoms with Gasteiger partial charge in [0.2, 0.25) is 0 Å². The smallest absolute Gasteiger partial charge is 0.389 e. The van der Waals surface area contributed by atoms with Crippen molar-refractivity contribution in [2.24, 2.45) is 5.73 Å². The first kappa shape index (κ1) is 22.9. The predicted molar refractivity (Wildman–Crippen MR) is 95.6 cm³/mol. The van der Waals surface area contributed by atoms with Crippen LogP contribution in [0.2, 0.25) is 0 Å². The number of hydrogen-bond acceptors (Lipinski definition) is 7. The van der Waals surface area contributed by atoms with Gasteiger partial charge in [0.25, 0.3) is 0 Å². The molecule has 138 valence electrons. The molecule has 0 amide bonds. The maximum absolute atomic E-state index is 12.9. The maximum Gasteiger partial charge on any atom is 0.389 e. The molecule has 0 saturated carbocycles. The molecule has 8 heteroatoms. The minimum absolute atomic E-state index is 0.104. The zero-order valence-corrected chi connectivity index (χ0v) is 17.1. The second-order valence-corrected chi connectivity index (χ2v) is 11.1. The van der Waals surface area contributed by atoms with Gasteiger partial charge in [0.15, 0.2) is 0 Å². The summed E-state index contributed by atoms with van der Waals surface area (Å²) in [6.45, 7) is 9.31. The molecule has 0 rings (SSSR count). The van der Waals surface area contributed by atoms with Crippen LogP contribution in [0.4, 0.5) is 0 Å². The second-order valence-electron chi connectivity index (χ2n) is 7.05. The number of hydrogen-bond donors (Lipinski definition) is 1. The Bertz CT molecular complexity index is 417. The highest BCUT2D eigenvalue weighted by atomic mass is 32.7. The van der Waals surface area contributed by atoms with E-state index in [1.165, 1.54) is 0 Å². The van der Waals surface area contributed by atoms with Crippen molar-refractivity contribution in [3.05, 3.63) is 0 Å². The Morgan fingerprint density at radius 2 is 1.83 bits per heavy atom. The molecule has 23 heavy (non-hydrogen) atoms. The van der Waals surface area contributed by atoms with Crippen molar-refractivity contribution in [2.45, 2.75) is 78.6 Å². The van der Waals surface area contributed by atoms with E-state index in [0.29, 0.717) is 5.75 Å². The van der Waals surface area contributed by atoms with Crippen LogP contribution in [-0.4, -0.2) is 35.6 Å². The normalized spacial score (nSPS) is 16.7. The summed E-state index contributed by atoms with van der Waals surface area (Å²) in [7, 11) is 0. The SMILES string of the molecule is CCCC(C)OP(=O)(OC(C)(C)C)SCCOC(=O)C(C)(C)N. The van der Waals surface area contributed by atoms with Gasteiger partial charge in [-0.1, -0.05) is 13.3 Å². The van der Waals surface area contributed by atoms with Crippen molar-refractivity contribution in [1.29, 1.82) is 0 Å². The second kappa shape index (κ2) is 9.42. The Morgan fingerprint density at radius 1 is 1.26 bits per heavy atom. The van der Waals surface area contributed by atoms with Gasteiger partial charge in [-0.25, -0.2) is 4.57 Å². The first-order valence-electron chi connectivity index (χ1n) is 7.89. The van der Waals surface area contributed by atoms with Crippen LogP contribution in [-0.2, 0) is 23.1 Å². The van der Waals surface area contributed by atoms with Crippen LogP contribution in [0.5, 0.6) is 0 Å². The molecule has 0 aromatic rings. The zero-order valence-electron chi connectivity index (χ0n) is 15.4. The number of carbonyl (C=O) groups is 1. The number of nitrogens with two attached hydrogens (primary N) is 1. The Morgan fingerprint density at radius 3 is 2.26 bits per heavy atom. The number of esters is 1. The van der Waals surface area contributed by atoms with Gasteiger partial charge in [0.05, 0.1) is 11.7 Å². The lowest BCUT2D eigenvalue weighted by molar-refractivity contribution is -0.148. The molecular weight excluding hydrogens is 337 g/mol. The van der Waals surface area contributed by atoms with Crippen LogP contribution >= 0.6 is 18.2 Å². The van der Waals surface area contributed by atoms with E-state index in [2.05, 4.69) is 0 Å². The Hall–Kier alpha value is -0.0700. The van der Waals surface area contributed by atoms with Gasteiger partial charge >= 0.3 is 12.8 Å². The van der Waals surface area contributed by atoms with Gasteiger partial charge in [-0.05, 0) is 59.3 Å². The van der Waals surface area contributed by atoms with Crippen molar-refractivity contribution < 1.29 is 23.1 Å². The molecule has 0 aliphatic carbocycles. The topological polar surface area (TPSA) is 87.9 Å². The van der Waals surface area contributed by atoms with Gasteiger partial charge in [-0.2, -0.15) is 0 Å². The third-order valence-electron chi connectivity index (χ3n) is 2.48. The highest BCUT2D eigenvalue weighted by Crippen LogP contribution is 2.63. The lowest BCUT2D eigenvalue weighted by atomic mass is 10.1. The summed E-state index contributed by atoms with van der Waals surface area (Å²) in [4.78, 5) is 11.6. The Kier molecular flexibility index (Phi) is 9.39. The molecule has 0 fully saturated rings. The average molecular weight is 369 g/mol. The third-order valence-corrected chi connectivity index (χ3v) is 6.51. The quantitative estimate of drug-likeness (QED) is 0.352. The fraction of sp³-hybridized carbons (Fsp3) is 0.933. The maximum atomic E-state index is 12.9. The third kappa shape index (κ3) is 11.2. The van der Waals surface area contributed by atoms with Crippen LogP contribution in [0.15, 0.2) is 0 Å². The molecule has 0 aliphatic heterocycles. The van der Waals surface area contributed by atoms with Gasteiger partial charge in [0.1, 0.15) is 12.1 Å². The Labute approximate surface area is 144 Å². The average Bonchev–Trinajstić information content (AvgIpc) is 2.30. The highest BCUT2D eigenvalue weighted by molar-refractivity contribution is 8.55. The minimum Gasteiger partial charge on any atom is -0.463 e. The van der Waals surface area contributed by atoms with Crippen LogP contribution < -0.4 is 5.73 Å². The molecule has 0 spiro atoms. The predicted octanol–water partition coefficient (Wildman–Crippen LogP) is 4.13. The molecular formula is C15H32NO5PS. The van der Waals surface area contributed by atoms with E-state index in [4.69, 9.17) is 19.5 Å². The van der Waals surface area contributed by atoms with Gasteiger partial charge < -0.3 is 10.5 Å². The summed E-state index contributed by atoms with van der Waals surface area (Å²) < 4.78 is 29.3. The summed E-state index contributed by atoms with van der Waals surface area (Å²) in [5, 5.41) is 0. The van der Waals surface area contributed by atoms with Gasteiger partial charge in [0, 0.05) is 5.75 Å². The lowest BCUT2D eigenvalue weighted by Gasteiger charge is -2.28. The molecule has 0 radical (unpaired) electrons. The molecule has 0 aromatic heterocycles. The summed E-state index contributed by atoms with van der Waals surface area (Å²) in [5.41, 5.74) is 4.01. The summed E-state index contributed by atoms with van der Waals surface area (Å²) in [6, 6.07) is 0. The highest BCUT2D eigenvalue weighted by Gasteiger charge is 2.33. The van der Waals surface area contributed by atoms with E-state index < -0.39 is 23.9 Å². The van der Waals surface area contributed by atoms with E-state index in [-0.39, 0.29) is 12.7 Å². The van der Waals surface area contributed by atoms with Gasteiger partial charge in [-0.3, -0.25) is 13.8 Å². The summed E-state index contributed by atoms with van der Waals surface area (Å²) in [6.07, 6.45) is 1.57. The molecule has 0 aromatic carbocycles. The molecule has 2 N–H and O–H groups in total. The standard InChI is InChI=1S/C15H32NO5PS/c1-8-9-12(2)20-22(18,21-14(3,4)5)23-11-10-19-13(17)15(6,7)16/h12H,8-11,16H2,1-7H3.